The molecule has 1 aliphatic rings. The summed E-state index contributed by atoms with van der Waals surface area (Å²) in [5, 5.41) is -0.493. The molecule has 2 N–H and O–H groups in total. The van der Waals surface area contributed by atoms with Crippen molar-refractivity contribution in [2.24, 2.45) is 5.73 Å². The van der Waals surface area contributed by atoms with Crippen LogP contribution in [0.1, 0.15) is 27.5 Å². The molecule has 0 bridgehead atoms. The van der Waals surface area contributed by atoms with Crippen LogP contribution in [0.25, 0.3) is 0 Å². The number of nitrogens with two attached hydrogens (primary N) is 1. The van der Waals surface area contributed by atoms with Gasteiger partial charge in [0.2, 0.25) is 0 Å². The van der Waals surface area contributed by atoms with Crippen molar-refractivity contribution in [2.75, 3.05) is 5.75 Å². The van der Waals surface area contributed by atoms with E-state index in [1.54, 1.807) is 0 Å². The molecule has 2 rings (SSSR count). The second-order valence-electron chi connectivity index (χ2n) is 4.73. The Labute approximate surface area is 96.6 Å². The Balaban J connectivity index is 2.57. The minimum atomic E-state index is -3.01. The van der Waals surface area contributed by atoms with Crippen LogP contribution < -0.4 is 5.73 Å². The lowest BCUT2D eigenvalue weighted by Crippen LogP contribution is -2.51. The molecule has 0 aromatic heterocycles. The van der Waals surface area contributed by atoms with Crippen LogP contribution in [0.5, 0.6) is 0 Å². The molecule has 16 heavy (non-hydrogen) atoms. The zero-order valence-corrected chi connectivity index (χ0v) is 10.6. The van der Waals surface area contributed by atoms with Crippen LogP contribution in [-0.4, -0.2) is 20.2 Å². The molecular formula is C12H17NO2S. The summed E-state index contributed by atoms with van der Waals surface area (Å²) in [4.78, 5) is 0. The fourth-order valence-corrected chi connectivity index (χ4v) is 4.57. The highest BCUT2D eigenvalue weighted by atomic mass is 32.2. The smallest absolute Gasteiger partial charge is 0.160 e. The summed E-state index contributed by atoms with van der Waals surface area (Å²) in [7, 11) is -3.01. The lowest BCUT2D eigenvalue weighted by Gasteiger charge is -2.35. The van der Waals surface area contributed by atoms with Gasteiger partial charge in [0.05, 0.1) is 5.75 Å². The Bertz CT molecular complexity index is 511. The predicted molar refractivity (Wildman–Crippen MR) is 65.2 cm³/mol. The van der Waals surface area contributed by atoms with Crippen LogP contribution in [-0.2, 0) is 9.84 Å². The molecule has 2 unspecified atom stereocenters. The molecule has 0 saturated carbocycles. The van der Waals surface area contributed by atoms with Crippen molar-refractivity contribution in [1.82, 2.24) is 0 Å². The van der Waals surface area contributed by atoms with Gasteiger partial charge in [-0.25, -0.2) is 8.42 Å². The van der Waals surface area contributed by atoms with Crippen LogP contribution in [0.2, 0.25) is 0 Å². The fourth-order valence-electron chi connectivity index (χ4n) is 2.64. The molecule has 0 aliphatic carbocycles. The van der Waals surface area contributed by atoms with Crippen molar-refractivity contribution in [1.29, 1.82) is 0 Å². The Hall–Kier alpha value is -0.870. The van der Waals surface area contributed by atoms with Gasteiger partial charge >= 0.3 is 0 Å². The summed E-state index contributed by atoms with van der Waals surface area (Å²) >= 11 is 0. The van der Waals surface area contributed by atoms with Crippen molar-refractivity contribution < 1.29 is 8.42 Å². The highest BCUT2D eigenvalue weighted by molar-refractivity contribution is 7.93. The summed E-state index contributed by atoms with van der Waals surface area (Å²) in [5.74, 6) is 0.115. The average Bonchev–Trinajstić information content (AvgIpc) is 2.09. The van der Waals surface area contributed by atoms with E-state index in [0.29, 0.717) is 0 Å². The highest BCUT2D eigenvalue weighted by Gasteiger charge is 2.45. The van der Waals surface area contributed by atoms with Gasteiger partial charge in [0, 0.05) is 6.04 Å². The first-order chi connectivity index (χ1) is 7.33. The molecule has 1 aromatic carbocycles. The Kier molecular flexibility index (Phi) is 2.59. The SMILES string of the molecule is Cc1cc(C)c(C2C(N)CS2(=O)=O)c(C)c1. The summed E-state index contributed by atoms with van der Waals surface area (Å²) < 4.78 is 23.5. The Morgan fingerprint density at radius 3 is 2.06 bits per heavy atom. The minimum absolute atomic E-state index is 0.115. The van der Waals surface area contributed by atoms with Crippen LogP contribution in [0, 0.1) is 20.8 Å². The maximum absolute atomic E-state index is 11.7. The van der Waals surface area contributed by atoms with E-state index in [-0.39, 0.29) is 11.8 Å². The van der Waals surface area contributed by atoms with Crippen LogP contribution >= 0.6 is 0 Å². The van der Waals surface area contributed by atoms with Crippen LogP contribution in [0.3, 0.4) is 0 Å². The topological polar surface area (TPSA) is 60.2 Å². The van der Waals surface area contributed by atoms with Crippen molar-refractivity contribution in [2.45, 2.75) is 32.1 Å². The molecule has 0 spiro atoms. The fraction of sp³-hybridized carbons (Fsp3) is 0.500. The van der Waals surface area contributed by atoms with Gasteiger partial charge < -0.3 is 5.73 Å². The summed E-state index contributed by atoms with van der Waals surface area (Å²) in [6.07, 6.45) is 0. The molecule has 1 aliphatic heterocycles. The second kappa shape index (κ2) is 3.57. The molecule has 1 fully saturated rings. The molecule has 3 nitrogen and oxygen atoms in total. The number of rotatable bonds is 1. The highest BCUT2D eigenvalue weighted by Crippen LogP contribution is 2.39. The van der Waals surface area contributed by atoms with Gasteiger partial charge in [0.1, 0.15) is 5.25 Å². The first-order valence-electron chi connectivity index (χ1n) is 5.38. The number of hydrogen-bond donors (Lipinski definition) is 1. The van der Waals surface area contributed by atoms with E-state index in [1.807, 2.05) is 32.9 Å². The predicted octanol–water partition coefficient (Wildman–Crippen LogP) is 1.41. The van der Waals surface area contributed by atoms with E-state index in [2.05, 4.69) is 0 Å². The lowest BCUT2D eigenvalue weighted by molar-refractivity contribution is 0.521. The summed E-state index contributed by atoms with van der Waals surface area (Å²) in [5.41, 5.74) is 9.95. The molecule has 1 saturated heterocycles. The van der Waals surface area contributed by atoms with Gasteiger partial charge in [0.15, 0.2) is 9.84 Å². The van der Waals surface area contributed by atoms with E-state index < -0.39 is 15.1 Å². The normalized spacial score (nSPS) is 27.5. The molecule has 2 atom stereocenters. The zero-order chi connectivity index (χ0) is 12.1. The van der Waals surface area contributed by atoms with Crippen molar-refractivity contribution in [3.63, 3.8) is 0 Å². The summed E-state index contributed by atoms with van der Waals surface area (Å²) in [6.45, 7) is 5.92. The first kappa shape index (κ1) is 11.6. The van der Waals surface area contributed by atoms with E-state index >= 15 is 0 Å². The molecule has 0 amide bonds. The molecule has 4 heteroatoms. The van der Waals surface area contributed by atoms with Crippen LogP contribution in [0.15, 0.2) is 12.1 Å². The summed E-state index contributed by atoms with van der Waals surface area (Å²) in [6, 6.07) is 3.79. The molecule has 1 aromatic rings. The largest absolute Gasteiger partial charge is 0.325 e. The number of benzene rings is 1. The number of hydrogen-bond acceptors (Lipinski definition) is 3. The van der Waals surface area contributed by atoms with E-state index in [9.17, 15) is 8.42 Å². The van der Waals surface area contributed by atoms with Crippen molar-refractivity contribution in [3.8, 4) is 0 Å². The Morgan fingerprint density at radius 1 is 1.19 bits per heavy atom. The van der Waals surface area contributed by atoms with Gasteiger partial charge in [-0.3, -0.25) is 0 Å². The molecule has 88 valence electrons. The number of aryl methyl sites for hydroxylation is 3. The van der Waals surface area contributed by atoms with Crippen molar-refractivity contribution in [3.05, 3.63) is 34.4 Å². The van der Waals surface area contributed by atoms with Crippen LogP contribution in [0.4, 0.5) is 0 Å². The first-order valence-corrected chi connectivity index (χ1v) is 7.09. The van der Waals surface area contributed by atoms with Crippen molar-refractivity contribution >= 4 is 9.84 Å². The van der Waals surface area contributed by atoms with Gasteiger partial charge in [-0.15, -0.1) is 0 Å². The zero-order valence-electron chi connectivity index (χ0n) is 9.82. The maximum atomic E-state index is 11.7. The second-order valence-corrected chi connectivity index (χ2v) is 6.89. The average molecular weight is 239 g/mol. The minimum Gasteiger partial charge on any atom is -0.325 e. The van der Waals surface area contributed by atoms with E-state index in [0.717, 1.165) is 22.3 Å². The van der Waals surface area contributed by atoms with Gasteiger partial charge in [0.25, 0.3) is 0 Å². The number of sulfone groups is 1. The monoisotopic (exact) mass is 239 g/mol. The van der Waals surface area contributed by atoms with Gasteiger partial charge in [-0.1, -0.05) is 17.7 Å². The molecular weight excluding hydrogens is 222 g/mol. The third-order valence-electron chi connectivity index (χ3n) is 3.22. The molecule has 0 radical (unpaired) electrons. The quantitative estimate of drug-likeness (QED) is 0.806. The lowest BCUT2D eigenvalue weighted by atomic mass is 9.94. The van der Waals surface area contributed by atoms with E-state index in [4.69, 9.17) is 5.73 Å². The third kappa shape index (κ3) is 1.66. The Morgan fingerprint density at radius 2 is 1.69 bits per heavy atom. The third-order valence-corrected chi connectivity index (χ3v) is 5.43. The van der Waals surface area contributed by atoms with E-state index in [1.165, 1.54) is 0 Å². The van der Waals surface area contributed by atoms with Gasteiger partial charge in [-0.05, 0) is 37.5 Å². The maximum Gasteiger partial charge on any atom is 0.160 e. The standard InChI is InChI=1S/C12H17NO2S/c1-7-4-8(2)11(9(3)5-7)12-10(13)6-16(12,14)15/h4-5,10,12H,6,13H2,1-3H3. The van der Waals surface area contributed by atoms with Gasteiger partial charge in [-0.2, -0.15) is 0 Å². The molecule has 1 heterocycles.